The lowest BCUT2D eigenvalue weighted by Crippen LogP contribution is -2.43. The summed E-state index contributed by atoms with van der Waals surface area (Å²) < 4.78 is 16.7. The second-order valence-electron chi connectivity index (χ2n) is 8.95. The number of aromatic nitrogens is 3. The second kappa shape index (κ2) is 8.38. The molecule has 2 aliphatic carbocycles. The maximum atomic E-state index is 14.7. The lowest BCUT2D eigenvalue weighted by atomic mass is 9.91. The van der Waals surface area contributed by atoms with Gasteiger partial charge in [-0.2, -0.15) is 5.10 Å². The molecule has 2 aromatic heterocycles. The number of anilines is 3. The minimum absolute atomic E-state index is 0.00687. The molecule has 2 saturated carbocycles. The van der Waals surface area contributed by atoms with Crippen LogP contribution in [-0.2, 0) is 6.54 Å². The molecule has 32 heavy (non-hydrogen) atoms. The quantitative estimate of drug-likeness (QED) is 0.448. The first-order chi connectivity index (χ1) is 15.5. The van der Waals surface area contributed by atoms with E-state index in [0.717, 1.165) is 54.9 Å². The van der Waals surface area contributed by atoms with E-state index in [-0.39, 0.29) is 29.3 Å². The van der Waals surface area contributed by atoms with Gasteiger partial charge < -0.3 is 22.1 Å². The van der Waals surface area contributed by atoms with Crippen molar-refractivity contribution in [2.75, 3.05) is 10.6 Å². The van der Waals surface area contributed by atoms with Crippen molar-refractivity contribution in [3.05, 3.63) is 41.8 Å². The van der Waals surface area contributed by atoms with Crippen molar-refractivity contribution in [2.45, 2.75) is 57.2 Å². The fraction of sp³-hybridized carbons (Fsp3) is 0.435. The van der Waals surface area contributed by atoms with Crippen molar-refractivity contribution in [1.82, 2.24) is 14.8 Å². The number of pyridine rings is 1. The Morgan fingerprint density at radius 3 is 2.72 bits per heavy atom. The molecule has 0 aliphatic heterocycles. The van der Waals surface area contributed by atoms with Crippen LogP contribution in [0.15, 0.2) is 30.5 Å². The summed E-state index contributed by atoms with van der Waals surface area (Å²) in [7, 11) is 0. The normalized spacial score (nSPS) is 20.9. The molecule has 0 spiro atoms. The minimum atomic E-state index is -0.750. The Hall–Kier alpha value is -3.20. The molecule has 0 saturated heterocycles. The number of primary amides is 1. The van der Waals surface area contributed by atoms with Gasteiger partial charge in [-0.1, -0.05) is 12.8 Å². The summed E-state index contributed by atoms with van der Waals surface area (Å²) in [5.74, 6) is -0.410. The number of carbonyl (C=O) groups excluding carboxylic acids is 1. The molecule has 1 aromatic carbocycles. The molecule has 8 nitrogen and oxygen atoms in total. The van der Waals surface area contributed by atoms with E-state index in [0.29, 0.717) is 5.92 Å². The van der Waals surface area contributed by atoms with Gasteiger partial charge in [-0.3, -0.25) is 9.48 Å². The van der Waals surface area contributed by atoms with E-state index in [1.807, 2.05) is 29.1 Å². The van der Waals surface area contributed by atoms with E-state index in [4.69, 9.17) is 11.5 Å². The molecule has 5 rings (SSSR count). The van der Waals surface area contributed by atoms with Crippen molar-refractivity contribution in [1.29, 1.82) is 0 Å². The topological polar surface area (TPSA) is 124 Å². The smallest absolute Gasteiger partial charge is 0.252 e. The molecule has 2 heterocycles. The number of carbonyl (C=O) groups is 1. The molecule has 6 N–H and O–H groups in total. The number of rotatable bonds is 7. The summed E-state index contributed by atoms with van der Waals surface area (Å²) in [6.45, 7) is 0.893. The third-order valence-electron chi connectivity index (χ3n) is 6.42. The van der Waals surface area contributed by atoms with E-state index in [1.54, 1.807) is 0 Å². The van der Waals surface area contributed by atoms with Crippen LogP contribution < -0.4 is 22.1 Å². The van der Waals surface area contributed by atoms with E-state index < -0.39 is 11.7 Å². The highest BCUT2D eigenvalue weighted by molar-refractivity contribution is 5.99. The van der Waals surface area contributed by atoms with Crippen LogP contribution in [0.25, 0.3) is 10.9 Å². The lowest BCUT2D eigenvalue weighted by molar-refractivity contribution is 0.100. The third kappa shape index (κ3) is 4.25. The van der Waals surface area contributed by atoms with Crippen LogP contribution in [-0.4, -0.2) is 32.8 Å². The summed E-state index contributed by atoms with van der Waals surface area (Å²) in [4.78, 5) is 16.4. The van der Waals surface area contributed by atoms with Gasteiger partial charge in [-0.05, 0) is 55.9 Å². The predicted octanol–water partition coefficient (Wildman–Crippen LogP) is 3.50. The molecule has 1 amide bonds. The number of hydrogen-bond donors (Lipinski definition) is 4. The number of fused-ring (bicyclic) bond motifs is 1. The largest absolute Gasteiger partial charge is 0.365 e. The highest BCUT2D eigenvalue weighted by atomic mass is 19.1. The fourth-order valence-corrected chi connectivity index (χ4v) is 4.36. The predicted molar refractivity (Wildman–Crippen MR) is 122 cm³/mol. The highest BCUT2D eigenvalue weighted by Crippen LogP contribution is 2.32. The van der Waals surface area contributed by atoms with E-state index >= 15 is 0 Å². The lowest BCUT2D eigenvalue weighted by Gasteiger charge is -2.30. The molecule has 9 heteroatoms. The van der Waals surface area contributed by atoms with Gasteiger partial charge in [-0.15, -0.1) is 0 Å². The summed E-state index contributed by atoms with van der Waals surface area (Å²) in [6, 6.07) is 6.81. The van der Waals surface area contributed by atoms with Crippen molar-refractivity contribution < 1.29 is 9.18 Å². The summed E-state index contributed by atoms with van der Waals surface area (Å²) in [5.41, 5.74) is 13.4. The summed E-state index contributed by atoms with van der Waals surface area (Å²) in [6.07, 6.45) is 8.17. The van der Waals surface area contributed by atoms with Crippen LogP contribution in [0.2, 0.25) is 0 Å². The van der Waals surface area contributed by atoms with Gasteiger partial charge in [0, 0.05) is 29.7 Å². The number of nitrogens with two attached hydrogens (primary N) is 2. The summed E-state index contributed by atoms with van der Waals surface area (Å²) in [5, 5.41) is 11.8. The van der Waals surface area contributed by atoms with Crippen molar-refractivity contribution in [2.24, 2.45) is 17.4 Å². The molecule has 0 bridgehead atoms. The first-order valence-electron chi connectivity index (χ1n) is 11.2. The van der Waals surface area contributed by atoms with Gasteiger partial charge in [0.2, 0.25) is 0 Å². The maximum Gasteiger partial charge on any atom is 0.252 e. The SMILES string of the molecule is NC(=O)c1cc(F)c(N[C@@H]2CCCC[C@@H]2N)nc1Nc1ccc2cnn(CC3CC3)c2c1. The highest BCUT2D eigenvalue weighted by Gasteiger charge is 2.25. The summed E-state index contributed by atoms with van der Waals surface area (Å²) >= 11 is 0. The van der Waals surface area contributed by atoms with Crippen LogP contribution >= 0.6 is 0 Å². The Morgan fingerprint density at radius 1 is 1.16 bits per heavy atom. The van der Waals surface area contributed by atoms with E-state index in [2.05, 4.69) is 20.7 Å². The van der Waals surface area contributed by atoms with Crippen molar-refractivity contribution in [3.63, 3.8) is 0 Å². The van der Waals surface area contributed by atoms with Gasteiger partial charge in [0.15, 0.2) is 11.6 Å². The van der Waals surface area contributed by atoms with Gasteiger partial charge in [-0.25, -0.2) is 9.37 Å². The van der Waals surface area contributed by atoms with Crippen LogP contribution in [0, 0.1) is 11.7 Å². The van der Waals surface area contributed by atoms with E-state index in [9.17, 15) is 9.18 Å². The average molecular weight is 438 g/mol. The molecule has 0 unspecified atom stereocenters. The number of amides is 1. The number of nitrogens with one attached hydrogen (secondary N) is 2. The Kier molecular flexibility index (Phi) is 5.42. The fourth-order valence-electron chi connectivity index (χ4n) is 4.36. The molecule has 2 aliphatic rings. The number of halogens is 1. The maximum absolute atomic E-state index is 14.7. The van der Waals surface area contributed by atoms with Crippen LogP contribution in [0.1, 0.15) is 48.9 Å². The Bertz CT molecular complexity index is 1160. The molecular weight excluding hydrogens is 409 g/mol. The molecule has 2 atom stereocenters. The van der Waals surface area contributed by atoms with Crippen LogP contribution in [0.5, 0.6) is 0 Å². The molecular formula is C23H28FN7O. The van der Waals surface area contributed by atoms with Crippen molar-refractivity contribution in [3.8, 4) is 0 Å². The first kappa shape index (κ1) is 20.7. The molecule has 3 aromatic rings. The van der Waals surface area contributed by atoms with Crippen LogP contribution in [0.4, 0.5) is 21.7 Å². The standard InChI is InChI=1S/C23H28FN7O/c24-17-10-16(21(26)32)22(30-23(17)29-19-4-2-1-3-18(19)25)28-15-8-7-14-11-27-31(20(14)9-15)12-13-5-6-13/h7-11,13,18-19H,1-6,12,25H2,(H2,26,32)(H2,28,29,30)/t18-,19+/m0/s1. The number of hydrogen-bond acceptors (Lipinski definition) is 6. The van der Waals surface area contributed by atoms with Gasteiger partial charge in [0.1, 0.15) is 5.82 Å². The van der Waals surface area contributed by atoms with Crippen LogP contribution in [0.3, 0.4) is 0 Å². The van der Waals surface area contributed by atoms with Gasteiger partial charge >= 0.3 is 0 Å². The first-order valence-corrected chi connectivity index (χ1v) is 11.2. The zero-order valence-corrected chi connectivity index (χ0v) is 17.9. The Labute approximate surface area is 185 Å². The minimum Gasteiger partial charge on any atom is -0.365 e. The zero-order chi connectivity index (χ0) is 22.2. The third-order valence-corrected chi connectivity index (χ3v) is 6.42. The monoisotopic (exact) mass is 437 g/mol. The van der Waals surface area contributed by atoms with Gasteiger partial charge in [0.25, 0.3) is 5.91 Å². The number of benzene rings is 1. The second-order valence-corrected chi connectivity index (χ2v) is 8.95. The molecule has 2 fully saturated rings. The molecule has 0 radical (unpaired) electrons. The molecule has 168 valence electrons. The van der Waals surface area contributed by atoms with Gasteiger partial charge in [0.05, 0.1) is 17.3 Å². The Morgan fingerprint density at radius 2 is 1.97 bits per heavy atom. The number of nitrogens with zero attached hydrogens (tertiary/aromatic N) is 3. The Balaban J connectivity index is 1.45. The average Bonchev–Trinajstić information content (AvgIpc) is 3.51. The van der Waals surface area contributed by atoms with Crippen molar-refractivity contribution >= 4 is 34.1 Å². The zero-order valence-electron chi connectivity index (χ0n) is 17.9. The van der Waals surface area contributed by atoms with E-state index in [1.165, 1.54) is 12.8 Å².